The summed E-state index contributed by atoms with van der Waals surface area (Å²) in [5, 5.41) is 4.36. The second-order valence-electron chi connectivity index (χ2n) is 8.15. The summed E-state index contributed by atoms with van der Waals surface area (Å²) in [6.45, 7) is 2.38. The van der Waals surface area contributed by atoms with Gasteiger partial charge in [-0.15, -0.1) is 11.8 Å². The third kappa shape index (κ3) is 7.16. The molecule has 1 aliphatic rings. The second kappa shape index (κ2) is 12.5. The molecule has 0 aliphatic heterocycles. The van der Waals surface area contributed by atoms with E-state index in [0.717, 1.165) is 36.8 Å². The summed E-state index contributed by atoms with van der Waals surface area (Å²) in [7, 11) is 0. The van der Waals surface area contributed by atoms with Gasteiger partial charge in [0.2, 0.25) is 11.8 Å². The fourth-order valence-electron chi connectivity index (χ4n) is 4.04. The Morgan fingerprint density at radius 3 is 2.50 bits per heavy atom. The van der Waals surface area contributed by atoms with Crippen LogP contribution in [-0.2, 0) is 21.9 Å². The van der Waals surface area contributed by atoms with Crippen molar-refractivity contribution in [2.45, 2.75) is 63.4 Å². The molecule has 0 saturated heterocycles. The molecular formula is C25H30Cl2N2O2S. The summed E-state index contributed by atoms with van der Waals surface area (Å²) >= 11 is 13.7. The lowest BCUT2D eigenvalue weighted by atomic mass is 10.1. The number of carbonyl (C=O) groups is 2. The molecule has 2 aromatic rings. The highest BCUT2D eigenvalue weighted by atomic mass is 35.5. The summed E-state index contributed by atoms with van der Waals surface area (Å²) in [5.74, 6) is 0.789. The fraction of sp³-hybridized carbons (Fsp3) is 0.440. The third-order valence-electron chi connectivity index (χ3n) is 5.78. The SMILES string of the molecule is CC[C@H](C(=O)NC1CCCC1)N(Cc1ccccc1)C(=O)CSCc1ccc(Cl)cc1Cl. The first-order valence-electron chi connectivity index (χ1n) is 11.1. The zero-order chi connectivity index (χ0) is 22.9. The molecule has 1 aliphatic carbocycles. The molecule has 0 radical (unpaired) electrons. The Morgan fingerprint density at radius 1 is 1.12 bits per heavy atom. The summed E-state index contributed by atoms with van der Waals surface area (Å²) in [5.41, 5.74) is 1.95. The molecule has 1 saturated carbocycles. The Bertz CT molecular complexity index is 904. The van der Waals surface area contributed by atoms with Crippen molar-refractivity contribution in [3.63, 3.8) is 0 Å². The topological polar surface area (TPSA) is 49.4 Å². The van der Waals surface area contributed by atoms with Gasteiger partial charge < -0.3 is 10.2 Å². The van der Waals surface area contributed by atoms with Gasteiger partial charge in [-0.3, -0.25) is 9.59 Å². The number of benzene rings is 2. The van der Waals surface area contributed by atoms with Crippen LogP contribution in [0.15, 0.2) is 48.5 Å². The van der Waals surface area contributed by atoms with Crippen LogP contribution < -0.4 is 5.32 Å². The van der Waals surface area contributed by atoms with Gasteiger partial charge in [0.05, 0.1) is 5.75 Å². The highest BCUT2D eigenvalue weighted by Gasteiger charge is 2.30. The van der Waals surface area contributed by atoms with Crippen molar-refractivity contribution in [2.24, 2.45) is 0 Å². The Labute approximate surface area is 205 Å². The maximum Gasteiger partial charge on any atom is 0.243 e. The third-order valence-corrected chi connectivity index (χ3v) is 7.33. The molecule has 1 atom stereocenters. The van der Waals surface area contributed by atoms with Crippen molar-refractivity contribution in [1.29, 1.82) is 0 Å². The lowest BCUT2D eigenvalue weighted by Gasteiger charge is -2.31. The summed E-state index contributed by atoms with van der Waals surface area (Å²) in [4.78, 5) is 28.1. The van der Waals surface area contributed by atoms with Crippen LogP contribution in [0.25, 0.3) is 0 Å². The van der Waals surface area contributed by atoms with E-state index >= 15 is 0 Å². The highest BCUT2D eigenvalue weighted by Crippen LogP contribution is 2.25. The van der Waals surface area contributed by atoms with Gasteiger partial charge in [0.1, 0.15) is 6.04 Å². The lowest BCUT2D eigenvalue weighted by molar-refractivity contribution is -0.139. The molecule has 4 nitrogen and oxygen atoms in total. The van der Waals surface area contributed by atoms with Gasteiger partial charge in [-0.25, -0.2) is 0 Å². The first kappa shape index (κ1) is 24.9. The van der Waals surface area contributed by atoms with E-state index in [1.54, 1.807) is 17.0 Å². The van der Waals surface area contributed by atoms with Crippen molar-refractivity contribution in [1.82, 2.24) is 10.2 Å². The Balaban J connectivity index is 1.68. The summed E-state index contributed by atoms with van der Waals surface area (Å²) in [6.07, 6.45) is 4.92. The van der Waals surface area contributed by atoms with Crippen LogP contribution in [0.5, 0.6) is 0 Å². The van der Waals surface area contributed by atoms with E-state index in [1.807, 2.05) is 43.3 Å². The van der Waals surface area contributed by atoms with Crippen molar-refractivity contribution < 1.29 is 9.59 Å². The van der Waals surface area contributed by atoms with Crippen LogP contribution in [-0.4, -0.2) is 34.6 Å². The molecule has 0 spiro atoms. The fourth-order valence-corrected chi connectivity index (χ4v) is 5.51. The largest absolute Gasteiger partial charge is 0.352 e. The molecular weight excluding hydrogens is 463 g/mol. The zero-order valence-electron chi connectivity index (χ0n) is 18.4. The maximum absolute atomic E-state index is 13.3. The predicted molar refractivity (Wildman–Crippen MR) is 134 cm³/mol. The molecule has 2 amide bonds. The first-order chi connectivity index (χ1) is 15.5. The van der Waals surface area contributed by atoms with Crippen molar-refractivity contribution in [3.8, 4) is 0 Å². The van der Waals surface area contributed by atoms with Gasteiger partial charge in [-0.05, 0) is 42.5 Å². The lowest BCUT2D eigenvalue weighted by Crippen LogP contribution is -2.51. The number of rotatable bonds is 10. The number of nitrogens with one attached hydrogen (secondary N) is 1. The van der Waals surface area contributed by atoms with E-state index in [-0.39, 0.29) is 23.6 Å². The van der Waals surface area contributed by atoms with E-state index in [1.165, 1.54) is 11.8 Å². The molecule has 7 heteroatoms. The van der Waals surface area contributed by atoms with Crippen LogP contribution in [0.2, 0.25) is 10.0 Å². The Hall–Kier alpha value is -1.69. The molecule has 0 aromatic heterocycles. The number of hydrogen-bond acceptors (Lipinski definition) is 3. The van der Waals surface area contributed by atoms with Crippen LogP contribution in [0, 0.1) is 0 Å². The zero-order valence-corrected chi connectivity index (χ0v) is 20.7. The number of halogens is 2. The average molecular weight is 494 g/mol. The molecule has 3 rings (SSSR count). The molecule has 0 bridgehead atoms. The van der Waals surface area contributed by atoms with Crippen molar-refractivity contribution >= 4 is 46.8 Å². The molecule has 0 heterocycles. The summed E-state index contributed by atoms with van der Waals surface area (Å²) in [6, 6.07) is 15.0. The van der Waals surface area contributed by atoms with E-state index in [0.29, 0.717) is 28.8 Å². The normalized spacial score (nSPS) is 14.8. The van der Waals surface area contributed by atoms with Crippen LogP contribution in [0.3, 0.4) is 0 Å². The van der Waals surface area contributed by atoms with E-state index in [9.17, 15) is 9.59 Å². The summed E-state index contributed by atoms with van der Waals surface area (Å²) < 4.78 is 0. The molecule has 0 unspecified atom stereocenters. The van der Waals surface area contributed by atoms with Crippen LogP contribution >= 0.6 is 35.0 Å². The van der Waals surface area contributed by atoms with Crippen LogP contribution in [0.4, 0.5) is 0 Å². The Morgan fingerprint density at radius 2 is 1.84 bits per heavy atom. The smallest absolute Gasteiger partial charge is 0.243 e. The van der Waals surface area contributed by atoms with Gasteiger partial charge in [0, 0.05) is 28.4 Å². The minimum atomic E-state index is -0.483. The number of amides is 2. The van der Waals surface area contributed by atoms with Crippen molar-refractivity contribution in [2.75, 3.05) is 5.75 Å². The number of thioether (sulfide) groups is 1. The van der Waals surface area contributed by atoms with Crippen molar-refractivity contribution in [3.05, 3.63) is 69.7 Å². The van der Waals surface area contributed by atoms with E-state index < -0.39 is 6.04 Å². The molecule has 2 aromatic carbocycles. The van der Waals surface area contributed by atoms with E-state index in [2.05, 4.69) is 5.32 Å². The second-order valence-corrected chi connectivity index (χ2v) is 9.98. The standard InChI is InChI=1S/C25H30Cl2N2O2S/c1-2-23(25(31)28-21-10-6-7-11-21)29(15-18-8-4-3-5-9-18)24(30)17-32-16-19-12-13-20(26)14-22(19)27/h3-5,8-9,12-14,21,23H,2,6-7,10-11,15-17H2,1H3,(H,28,31)/t23-/m1/s1. The van der Waals surface area contributed by atoms with Gasteiger partial charge in [-0.1, -0.05) is 79.4 Å². The monoisotopic (exact) mass is 492 g/mol. The molecule has 1 N–H and O–H groups in total. The maximum atomic E-state index is 13.3. The highest BCUT2D eigenvalue weighted by molar-refractivity contribution is 7.99. The van der Waals surface area contributed by atoms with Gasteiger partial charge in [-0.2, -0.15) is 0 Å². The number of nitrogens with zero attached hydrogens (tertiary/aromatic N) is 1. The first-order valence-corrected chi connectivity index (χ1v) is 13.0. The van der Waals surface area contributed by atoms with Gasteiger partial charge >= 0.3 is 0 Å². The van der Waals surface area contributed by atoms with Crippen LogP contribution in [0.1, 0.15) is 50.2 Å². The molecule has 32 heavy (non-hydrogen) atoms. The van der Waals surface area contributed by atoms with Gasteiger partial charge in [0.25, 0.3) is 0 Å². The van der Waals surface area contributed by atoms with E-state index in [4.69, 9.17) is 23.2 Å². The molecule has 172 valence electrons. The Kier molecular flexibility index (Phi) is 9.76. The quantitative estimate of drug-likeness (QED) is 0.436. The molecule has 1 fully saturated rings. The number of hydrogen-bond donors (Lipinski definition) is 1. The predicted octanol–water partition coefficient (Wildman–Crippen LogP) is 6.09. The minimum Gasteiger partial charge on any atom is -0.352 e. The average Bonchev–Trinajstić information content (AvgIpc) is 3.28. The number of carbonyl (C=O) groups excluding carboxylic acids is 2. The minimum absolute atomic E-state index is 0.0441. The van der Waals surface area contributed by atoms with Gasteiger partial charge in [0.15, 0.2) is 0 Å².